The van der Waals surface area contributed by atoms with Crippen molar-refractivity contribution < 1.29 is 0 Å². The van der Waals surface area contributed by atoms with Gasteiger partial charge in [-0.1, -0.05) is 38.9 Å². The topological polar surface area (TPSA) is 61.7 Å². The Labute approximate surface area is 103 Å². The number of hydrogen-bond donors (Lipinski definition) is 0. The van der Waals surface area contributed by atoms with Gasteiger partial charge in [0, 0.05) is 17.3 Å². The van der Waals surface area contributed by atoms with Crippen LogP contribution in [-0.4, -0.2) is 4.98 Å². The van der Waals surface area contributed by atoms with Crippen molar-refractivity contribution in [1.29, 1.82) is 0 Å². The smallest absolute Gasteiger partial charge is 0.0526 e. The molecule has 0 spiro atoms. The van der Waals surface area contributed by atoms with Gasteiger partial charge in [-0.25, -0.2) is 0 Å². The van der Waals surface area contributed by atoms with Crippen LogP contribution >= 0.6 is 0 Å². The molecule has 1 rings (SSSR count). The first kappa shape index (κ1) is 13.5. The van der Waals surface area contributed by atoms with Gasteiger partial charge in [-0.05, 0) is 34.4 Å². The van der Waals surface area contributed by atoms with Crippen molar-refractivity contribution in [2.75, 3.05) is 0 Å². The molecule has 0 radical (unpaired) electrons. The molecule has 4 nitrogen and oxygen atoms in total. The summed E-state index contributed by atoms with van der Waals surface area (Å²) < 4.78 is 0. The lowest BCUT2D eigenvalue weighted by Gasteiger charge is -2.25. The predicted molar refractivity (Wildman–Crippen MR) is 69.5 cm³/mol. The third-order valence-corrected chi connectivity index (χ3v) is 2.95. The molecule has 17 heavy (non-hydrogen) atoms. The maximum atomic E-state index is 8.32. The monoisotopic (exact) mass is 232 g/mol. The molecule has 0 saturated heterocycles. The fourth-order valence-corrected chi connectivity index (χ4v) is 2.43. The lowest BCUT2D eigenvalue weighted by molar-refractivity contribution is 0.387. The summed E-state index contributed by atoms with van der Waals surface area (Å²) in [5, 5.41) is 3.57. The van der Waals surface area contributed by atoms with Crippen molar-refractivity contribution in [2.24, 2.45) is 17.0 Å². The minimum Gasteiger partial charge on any atom is -0.264 e. The molecule has 0 amide bonds. The van der Waals surface area contributed by atoms with Crippen LogP contribution in [0.5, 0.6) is 0 Å². The first-order chi connectivity index (χ1) is 8.06. The Balaban J connectivity index is 2.99. The zero-order chi connectivity index (χ0) is 12.8. The summed E-state index contributed by atoms with van der Waals surface area (Å²) in [6, 6.07) is 2.10. The van der Waals surface area contributed by atoms with Gasteiger partial charge in [0.1, 0.15) is 0 Å². The van der Waals surface area contributed by atoms with Crippen molar-refractivity contribution in [1.82, 2.24) is 4.98 Å². The lowest BCUT2D eigenvalue weighted by atomic mass is 9.80. The second kappa shape index (κ2) is 6.26. The summed E-state index contributed by atoms with van der Waals surface area (Å²) in [4.78, 5) is 7.01. The number of hydrogen-bond acceptors (Lipinski definition) is 2. The van der Waals surface area contributed by atoms with E-state index in [0.717, 1.165) is 5.56 Å². The van der Waals surface area contributed by atoms with Crippen LogP contribution in [0.1, 0.15) is 44.7 Å². The Bertz CT molecular complexity index is 398. The SMILES string of the molecule is CC(C)C(c1cncc(CN=[N+]=[N-])c1)C(C)C. The van der Waals surface area contributed by atoms with E-state index in [1.54, 1.807) is 6.20 Å². The molecule has 0 aliphatic heterocycles. The van der Waals surface area contributed by atoms with Crippen LogP contribution < -0.4 is 0 Å². The van der Waals surface area contributed by atoms with Gasteiger partial charge in [0.15, 0.2) is 0 Å². The normalized spacial score (nSPS) is 11.0. The van der Waals surface area contributed by atoms with Crippen molar-refractivity contribution >= 4 is 0 Å². The van der Waals surface area contributed by atoms with Gasteiger partial charge in [0.2, 0.25) is 0 Å². The van der Waals surface area contributed by atoms with E-state index in [-0.39, 0.29) is 0 Å². The van der Waals surface area contributed by atoms with Gasteiger partial charge in [0.25, 0.3) is 0 Å². The summed E-state index contributed by atoms with van der Waals surface area (Å²) in [7, 11) is 0. The van der Waals surface area contributed by atoms with E-state index in [9.17, 15) is 0 Å². The Morgan fingerprint density at radius 1 is 1.24 bits per heavy atom. The molecule has 0 unspecified atom stereocenters. The van der Waals surface area contributed by atoms with Gasteiger partial charge >= 0.3 is 0 Å². The molecule has 0 aliphatic carbocycles. The second-order valence-electron chi connectivity index (χ2n) is 5.03. The molecule has 0 atom stereocenters. The zero-order valence-corrected chi connectivity index (χ0v) is 11.0. The van der Waals surface area contributed by atoms with E-state index in [0.29, 0.717) is 24.3 Å². The van der Waals surface area contributed by atoms with Crippen molar-refractivity contribution in [3.05, 3.63) is 40.0 Å². The molecular formula is C13H20N4. The predicted octanol–water partition coefficient (Wildman–Crippen LogP) is 4.29. The number of aromatic nitrogens is 1. The van der Waals surface area contributed by atoms with Crippen LogP contribution in [0.3, 0.4) is 0 Å². The number of rotatable bonds is 5. The summed E-state index contributed by atoms with van der Waals surface area (Å²) in [6.45, 7) is 9.28. The molecule has 0 bridgehead atoms. The highest BCUT2D eigenvalue weighted by molar-refractivity contribution is 5.22. The van der Waals surface area contributed by atoms with E-state index in [1.807, 2.05) is 6.20 Å². The van der Waals surface area contributed by atoms with Gasteiger partial charge in [-0.2, -0.15) is 0 Å². The first-order valence-electron chi connectivity index (χ1n) is 6.01. The molecule has 0 fully saturated rings. The molecule has 1 aromatic rings. The second-order valence-corrected chi connectivity index (χ2v) is 5.03. The highest BCUT2D eigenvalue weighted by atomic mass is 15.1. The molecule has 0 N–H and O–H groups in total. The van der Waals surface area contributed by atoms with Crippen LogP contribution in [0.2, 0.25) is 0 Å². The summed E-state index contributed by atoms with van der Waals surface area (Å²) in [5.74, 6) is 1.64. The molecule has 4 heteroatoms. The third-order valence-electron chi connectivity index (χ3n) is 2.95. The van der Waals surface area contributed by atoms with Crippen LogP contribution in [0.25, 0.3) is 10.4 Å². The van der Waals surface area contributed by atoms with E-state index < -0.39 is 0 Å². The molecular weight excluding hydrogens is 212 g/mol. The lowest BCUT2D eigenvalue weighted by Crippen LogP contribution is -2.14. The van der Waals surface area contributed by atoms with Gasteiger partial charge in [-0.3, -0.25) is 4.98 Å². The van der Waals surface area contributed by atoms with E-state index in [4.69, 9.17) is 5.53 Å². The molecule has 1 aromatic heterocycles. The van der Waals surface area contributed by atoms with E-state index in [1.165, 1.54) is 5.56 Å². The third kappa shape index (κ3) is 3.75. The maximum absolute atomic E-state index is 8.32. The van der Waals surface area contributed by atoms with E-state index >= 15 is 0 Å². The largest absolute Gasteiger partial charge is 0.264 e. The maximum Gasteiger partial charge on any atom is 0.0526 e. The minimum absolute atomic E-state index is 0.375. The highest BCUT2D eigenvalue weighted by Gasteiger charge is 2.19. The Kier molecular flexibility index (Phi) is 4.98. The van der Waals surface area contributed by atoms with E-state index in [2.05, 4.69) is 48.8 Å². The first-order valence-corrected chi connectivity index (χ1v) is 6.01. The fourth-order valence-electron chi connectivity index (χ4n) is 2.43. The summed E-state index contributed by atoms with van der Waals surface area (Å²) in [6.07, 6.45) is 3.68. The molecule has 0 saturated carbocycles. The highest BCUT2D eigenvalue weighted by Crippen LogP contribution is 2.31. The zero-order valence-electron chi connectivity index (χ0n) is 11.0. The molecule has 1 heterocycles. The fraction of sp³-hybridized carbons (Fsp3) is 0.615. The van der Waals surface area contributed by atoms with Crippen LogP contribution in [0.15, 0.2) is 23.6 Å². The van der Waals surface area contributed by atoms with Crippen LogP contribution in [0, 0.1) is 11.8 Å². The number of nitrogens with zero attached hydrogens (tertiary/aromatic N) is 4. The van der Waals surface area contributed by atoms with Crippen LogP contribution in [-0.2, 0) is 6.54 Å². The number of azide groups is 1. The Morgan fingerprint density at radius 2 is 1.88 bits per heavy atom. The Morgan fingerprint density at radius 3 is 2.41 bits per heavy atom. The van der Waals surface area contributed by atoms with Crippen molar-refractivity contribution in [3.8, 4) is 0 Å². The standard InChI is InChI=1S/C13H20N4/c1-9(2)13(10(3)4)12-5-11(6-15-8-12)7-16-17-14/h5-6,8-10,13H,7H2,1-4H3. The van der Waals surface area contributed by atoms with Crippen molar-refractivity contribution in [2.45, 2.75) is 40.2 Å². The summed E-state index contributed by atoms with van der Waals surface area (Å²) >= 11 is 0. The minimum atomic E-state index is 0.375. The number of pyridine rings is 1. The summed E-state index contributed by atoms with van der Waals surface area (Å²) in [5.41, 5.74) is 10.5. The molecule has 0 aliphatic rings. The van der Waals surface area contributed by atoms with Crippen molar-refractivity contribution in [3.63, 3.8) is 0 Å². The Hall–Kier alpha value is -1.54. The molecule has 92 valence electrons. The van der Waals surface area contributed by atoms with Gasteiger partial charge in [0.05, 0.1) is 6.54 Å². The molecule has 0 aromatic carbocycles. The quantitative estimate of drug-likeness (QED) is 0.424. The van der Waals surface area contributed by atoms with Crippen LogP contribution in [0.4, 0.5) is 0 Å². The average Bonchev–Trinajstić information content (AvgIpc) is 2.26. The van der Waals surface area contributed by atoms with Gasteiger partial charge in [-0.15, -0.1) is 0 Å². The average molecular weight is 232 g/mol. The van der Waals surface area contributed by atoms with Gasteiger partial charge < -0.3 is 0 Å².